The van der Waals surface area contributed by atoms with Gasteiger partial charge < -0.3 is 14.2 Å². The number of hydrogen-bond donors (Lipinski definition) is 0. The zero-order valence-corrected chi connectivity index (χ0v) is 16.8. The van der Waals surface area contributed by atoms with E-state index in [-0.39, 0.29) is 11.9 Å². The van der Waals surface area contributed by atoms with Crippen LogP contribution in [0.2, 0.25) is 0 Å². The van der Waals surface area contributed by atoms with Crippen molar-refractivity contribution in [2.45, 2.75) is 50.7 Å². The second-order valence-electron chi connectivity index (χ2n) is 7.97. The zero-order chi connectivity index (χ0) is 20.5. The van der Waals surface area contributed by atoms with Crippen molar-refractivity contribution in [1.82, 2.24) is 30.0 Å². The summed E-state index contributed by atoms with van der Waals surface area (Å²) in [7, 11) is 0. The molecule has 1 saturated carbocycles. The molecule has 0 N–H and O–H groups in total. The quantitative estimate of drug-likeness (QED) is 0.618. The first-order chi connectivity index (χ1) is 14.7. The molecule has 3 aromatic rings. The number of amides is 1. The molecule has 0 spiro atoms. The smallest absolute Gasteiger partial charge is 0.280 e. The molecule has 3 heterocycles. The van der Waals surface area contributed by atoms with E-state index in [1.807, 2.05) is 41.4 Å². The molecule has 1 aromatic carbocycles. The minimum absolute atomic E-state index is 0.0186. The van der Waals surface area contributed by atoms with E-state index in [2.05, 4.69) is 20.5 Å². The van der Waals surface area contributed by atoms with Crippen LogP contribution in [0.1, 0.15) is 50.4 Å². The van der Waals surface area contributed by atoms with Gasteiger partial charge in [-0.3, -0.25) is 4.79 Å². The van der Waals surface area contributed by atoms with Crippen LogP contribution in [0.15, 0.2) is 41.1 Å². The molecule has 5 rings (SSSR count). The van der Waals surface area contributed by atoms with Gasteiger partial charge in [0.05, 0.1) is 12.2 Å². The number of piperidine rings is 1. The predicted octanol–water partition coefficient (Wildman–Crippen LogP) is 2.84. The van der Waals surface area contributed by atoms with E-state index in [9.17, 15) is 4.79 Å². The van der Waals surface area contributed by atoms with Crippen molar-refractivity contribution in [3.8, 4) is 17.3 Å². The number of benzene rings is 1. The molecule has 9 heteroatoms. The lowest BCUT2D eigenvalue weighted by Crippen LogP contribution is -2.46. The van der Waals surface area contributed by atoms with Crippen LogP contribution >= 0.6 is 0 Å². The molecule has 1 aliphatic heterocycles. The fraction of sp³-hybridized carbons (Fsp3) is 0.476. The van der Waals surface area contributed by atoms with Gasteiger partial charge in [-0.1, -0.05) is 28.6 Å². The molecule has 156 valence electrons. The van der Waals surface area contributed by atoms with Crippen molar-refractivity contribution in [3.63, 3.8) is 0 Å². The van der Waals surface area contributed by atoms with Gasteiger partial charge in [0.15, 0.2) is 17.6 Å². The van der Waals surface area contributed by atoms with Gasteiger partial charge in [-0.05, 0) is 44.7 Å². The Morgan fingerprint density at radius 3 is 2.87 bits per heavy atom. The normalized spacial score (nSPS) is 20.2. The van der Waals surface area contributed by atoms with Crippen LogP contribution in [-0.2, 0) is 4.79 Å². The van der Waals surface area contributed by atoms with Crippen LogP contribution in [0.3, 0.4) is 0 Å². The maximum atomic E-state index is 12.9. The van der Waals surface area contributed by atoms with E-state index in [1.165, 1.54) is 0 Å². The Hall–Kier alpha value is -3.23. The Morgan fingerprint density at radius 1 is 1.23 bits per heavy atom. The topological polar surface area (TPSA) is 99.2 Å². The Kier molecular flexibility index (Phi) is 4.94. The molecule has 1 amide bonds. The first-order valence-corrected chi connectivity index (χ1v) is 10.4. The Bertz CT molecular complexity index is 1010. The molecular formula is C21H24N6O3. The molecule has 2 fully saturated rings. The summed E-state index contributed by atoms with van der Waals surface area (Å²) in [4.78, 5) is 19.2. The second kappa shape index (κ2) is 7.89. The summed E-state index contributed by atoms with van der Waals surface area (Å²) < 4.78 is 13.0. The van der Waals surface area contributed by atoms with Gasteiger partial charge >= 0.3 is 0 Å². The van der Waals surface area contributed by atoms with Gasteiger partial charge in [0.1, 0.15) is 5.75 Å². The molecular weight excluding hydrogens is 384 g/mol. The molecule has 0 radical (unpaired) electrons. The average molecular weight is 408 g/mol. The predicted molar refractivity (Wildman–Crippen MR) is 107 cm³/mol. The third-order valence-electron chi connectivity index (χ3n) is 5.60. The number of carbonyl (C=O) groups is 1. The van der Waals surface area contributed by atoms with Gasteiger partial charge in [-0.15, -0.1) is 5.10 Å². The van der Waals surface area contributed by atoms with Crippen molar-refractivity contribution in [3.05, 3.63) is 42.4 Å². The Morgan fingerprint density at radius 2 is 2.07 bits per heavy atom. The molecule has 0 unspecified atom stereocenters. The van der Waals surface area contributed by atoms with Crippen LogP contribution in [-0.4, -0.2) is 55.1 Å². The van der Waals surface area contributed by atoms with Crippen LogP contribution in [0.5, 0.6) is 5.75 Å². The summed E-state index contributed by atoms with van der Waals surface area (Å²) in [6, 6.07) is 9.46. The number of nitrogens with zero attached hydrogens (tertiary/aromatic N) is 6. The molecule has 1 saturated heterocycles. The van der Waals surface area contributed by atoms with Crippen molar-refractivity contribution in [2.24, 2.45) is 0 Å². The largest absolute Gasteiger partial charge is 0.481 e. The van der Waals surface area contributed by atoms with E-state index in [4.69, 9.17) is 9.26 Å². The summed E-state index contributed by atoms with van der Waals surface area (Å²) in [6.45, 7) is 3.08. The number of hydrogen-bond acceptors (Lipinski definition) is 7. The lowest BCUT2D eigenvalue weighted by Gasteiger charge is -2.34. The van der Waals surface area contributed by atoms with Crippen molar-refractivity contribution in [1.29, 1.82) is 0 Å². The highest BCUT2D eigenvalue weighted by molar-refractivity contribution is 5.81. The fourth-order valence-electron chi connectivity index (χ4n) is 3.78. The number of para-hydroxylation sites is 1. The van der Waals surface area contributed by atoms with Gasteiger partial charge in [-0.25, -0.2) is 4.68 Å². The molecule has 2 atom stereocenters. The fourth-order valence-corrected chi connectivity index (χ4v) is 3.78. The minimum Gasteiger partial charge on any atom is -0.481 e. The number of aromatic nitrogens is 5. The first-order valence-electron chi connectivity index (χ1n) is 10.4. The SMILES string of the molecule is C[C@@H](Oc1ccccc1)C(=O)N1CCC[C@@H](n2cc(-c3nc(C4CC4)no3)nn2)C1. The van der Waals surface area contributed by atoms with Gasteiger partial charge in [-0.2, -0.15) is 4.98 Å². The first kappa shape index (κ1) is 18.8. The van der Waals surface area contributed by atoms with Crippen LogP contribution < -0.4 is 4.74 Å². The zero-order valence-electron chi connectivity index (χ0n) is 16.8. The molecule has 2 aliphatic rings. The molecule has 9 nitrogen and oxygen atoms in total. The van der Waals surface area contributed by atoms with Crippen molar-refractivity contribution < 1.29 is 14.1 Å². The van der Waals surface area contributed by atoms with Gasteiger partial charge in [0.2, 0.25) is 0 Å². The Balaban J connectivity index is 1.24. The van der Waals surface area contributed by atoms with E-state index in [1.54, 1.807) is 11.6 Å². The van der Waals surface area contributed by atoms with Crippen LogP contribution in [0, 0.1) is 0 Å². The van der Waals surface area contributed by atoms with Gasteiger partial charge in [0, 0.05) is 19.0 Å². The average Bonchev–Trinajstić information content (AvgIpc) is 3.30. The monoisotopic (exact) mass is 408 g/mol. The summed E-state index contributed by atoms with van der Waals surface area (Å²) in [6.07, 6.45) is 5.34. The highest BCUT2D eigenvalue weighted by Gasteiger charge is 2.31. The van der Waals surface area contributed by atoms with Crippen LogP contribution in [0.4, 0.5) is 0 Å². The summed E-state index contributed by atoms with van der Waals surface area (Å²) in [5, 5.41) is 12.5. The second-order valence-corrected chi connectivity index (χ2v) is 7.97. The number of likely N-dealkylation sites (tertiary alicyclic amines) is 1. The lowest BCUT2D eigenvalue weighted by atomic mass is 10.1. The number of rotatable bonds is 6. The van der Waals surface area contributed by atoms with E-state index in [0.717, 1.165) is 31.5 Å². The van der Waals surface area contributed by atoms with Crippen LogP contribution in [0.25, 0.3) is 11.6 Å². The summed E-state index contributed by atoms with van der Waals surface area (Å²) in [5.41, 5.74) is 0.568. The minimum atomic E-state index is -0.545. The van der Waals surface area contributed by atoms with Crippen molar-refractivity contribution in [2.75, 3.05) is 13.1 Å². The maximum Gasteiger partial charge on any atom is 0.280 e. The highest BCUT2D eigenvalue weighted by atomic mass is 16.5. The third-order valence-corrected chi connectivity index (χ3v) is 5.60. The maximum absolute atomic E-state index is 12.9. The van der Waals surface area contributed by atoms with Crippen molar-refractivity contribution >= 4 is 5.91 Å². The molecule has 1 aliphatic carbocycles. The molecule has 0 bridgehead atoms. The summed E-state index contributed by atoms with van der Waals surface area (Å²) >= 11 is 0. The number of ether oxygens (including phenoxy) is 1. The number of carbonyl (C=O) groups excluding carboxylic acids is 1. The molecule has 30 heavy (non-hydrogen) atoms. The van der Waals surface area contributed by atoms with Gasteiger partial charge in [0.25, 0.3) is 11.8 Å². The third kappa shape index (κ3) is 3.92. The Labute approximate surface area is 174 Å². The molecule has 2 aromatic heterocycles. The van der Waals surface area contributed by atoms with E-state index in [0.29, 0.717) is 36.3 Å². The van der Waals surface area contributed by atoms with E-state index < -0.39 is 6.10 Å². The van der Waals surface area contributed by atoms with E-state index >= 15 is 0 Å². The summed E-state index contributed by atoms with van der Waals surface area (Å²) in [5.74, 6) is 2.25. The lowest BCUT2D eigenvalue weighted by molar-refractivity contribution is -0.139. The standard InChI is InChI=1S/C21H24N6O3/c1-14(29-17-7-3-2-4-8-17)21(28)26-11-5-6-16(12-26)27-13-18(23-25-27)20-22-19(24-30-20)15-9-10-15/h2-4,7-8,13-16H,5-6,9-12H2,1H3/t14-,16-/m1/s1. The highest BCUT2D eigenvalue weighted by Crippen LogP contribution is 2.38.